The standard InChI is InChI=1S/C17H20/c1-5-7-15-9-12-17(13-10-15)16(6-2)11-8-14(3)4/h5-6,8-13H,1,3,7H2,2,4H3/b11-8-,16-6+. The lowest BCUT2D eigenvalue weighted by molar-refractivity contribution is 1.27. The highest BCUT2D eigenvalue weighted by atomic mass is 14.0. The summed E-state index contributed by atoms with van der Waals surface area (Å²) in [5, 5.41) is 0. The summed E-state index contributed by atoms with van der Waals surface area (Å²) < 4.78 is 0. The Morgan fingerprint density at radius 3 is 2.29 bits per heavy atom. The third-order valence-corrected chi connectivity index (χ3v) is 2.53. The van der Waals surface area contributed by atoms with Crippen molar-refractivity contribution in [1.82, 2.24) is 0 Å². The zero-order valence-electron chi connectivity index (χ0n) is 10.7. The van der Waals surface area contributed by atoms with Crippen LogP contribution in [0.5, 0.6) is 0 Å². The van der Waals surface area contributed by atoms with E-state index in [1.165, 1.54) is 16.7 Å². The number of allylic oxidation sites excluding steroid dienone is 6. The van der Waals surface area contributed by atoms with Crippen molar-refractivity contribution >= 4 is 5.57 Å². The molecule has 0 bridgehead atoms. The van der Waals surface area contributed by atoms with Gasteiger partial charge in [0.1, 0.15) is 0 Å². The predicted octanol–water partition coefficient (Wildman–Crippen LogP) is 4.95. The van der Waals surface area contributed by atoms with Crippen LogP contribution in [-0.2, 0) is 6.42 Å². The second-order valence-electron chi connectivity index (χ2n) is 4.11. The second kappa shape index (κ2) is 6.70. The fourth-order valence-electron chi connectivity index (χ4n) is 1.59. The molecule has 88 valence electrons. The van der Waals surface area contributed by atoms with Gasteiger partial charge in [-0.15, -0.1) is 6.58 Å². The summed E-state index contributed by atoms with van der Waals surface area (Å²) in [4.78, 5) is 0. The average Bonchev–Trinajstić information content (AvgIpc) is 2.32. The normalized spacial score (nSPS) is 11.8. The molecule has 0 amide bonds. The van der Waals surface area contributed by atoms with Gasteiger partial charge in [-0.3, -0.25) is 0 Å². The van der Waals surface area contributed by atoms with Gasteiger partial charge in [0.15, 0.2) is 0 Å². The van der Waals surface area contributed by atoms with E-state index in [-0.39, 0.29) is 0 Å². The molecule has 0 saturated heterocycles. The Bertz CT molecular complexity index is 441. The van der Waals surface area contributed by atoms with E-state index in [4.69, 9.17) is 0 Å². The van der Waals surface area contributed by atoms with Crippen molar-refractivity contribution in [1.29, 1.82) is 0 Å². The fraction of sp³-hybridized carbons (Fsp3) is 0.176. The minimum atomic E-state index is 0.924. The molecule has 0 heteroatoms. The molecular formula is C17H20. The zero-order chi connectivity index (χ0) is 12.7. The molecule has 0 nitrogen and oxygen atoms in total. The first kappa shape index (κ1) is 13.2. The van der Waals surface area contributed by atoms with Gasteiger partial charge in [0.05, 0.1) is 0 Å². The lowest BCUT2D eigenvalue weighted by atomic mass is 10.0. The van der Waals surface area contributed by atoms with E-state index < -0.39 is 0 Å². The van der Waals surface area contributed by atoms with Crippen molar-refractivity contribution in [3.8, 4) is 0 Å². The van der Waals surface area contributed by atoms with Gasteiger partial charge in [0.2, 0.25) is 0 Å². The maximum absolute atomic E-state index is 3.87. The van der Waals surface area contributed by atoms with Crippen molar-refractivity contribution in [3.63, 3.8) is 0 Å². The topological polar surface area (TPSA) is 0 Å². The molecule has 0 N–H and O–H groups in total. The minimum Gasteiger partial charge on any atom is -0.103 e. The van der Waals surface area contributed by atoms with Gasteiger partial charge < -0.3 is 0 Å². The maximum atomic E-state index is 3.87. The Labute approximate surface area is 105 Å². The van der Waals surface area contributed by atoms with Crippen molar-refractivity contribution in [2.75, 3.05) is 0 Å². The summed E-state index contributed by atoms with van der Waals surface area (Å²) in [5.74, 6) is 0. The second-order valence-corrected chi connectivity index (χ2v) is 4.11. The molecule has 0 aliphatic heterocycles. The van der Waals surface area contributed by atoms with Gasteiger partial charge in [-0.25, -0.2) is 0 Å². The molecule has 0 aliphatic carbocycles. The molecule has 1 rings (SSSR count). The van der Waals surface area contributed by atoms with Crippen LogP contribution in [0.25, 0.3) is 5.57 Å². The molecule has 0 atom stereocenters. The summed E-state index contributed by atoms with van der Waals surface area (Å²) >= 11 is 0. The number of hydrogen-bond acceptors (Lipinski definition) is 0. The first-order chi connectivity index (χ1) is 8.17. The van der Waals surface area contributed by atoms with Gasteiger partial charge in [-0.2, -0.15) is 0 Å². The van der Waals surface area contributed by atoms with Crippen LogP contribution in [0.2, 0.25) is 0 Å². The summed E-state index contributed by atoms with van der Waals surface area (Å²) in [6.07, 6.45) is 9.10. The zero-order valence-corrected chi connectivity index (χ0v) is 10.7. The average molecular weight is 224 g/mol. The molecule has 0 unspecified atom stereocenters. The first-order valence-electron chi connectivity index (χ1n) is 5.87. The highest BCUT2D eigenvalue weighted by Crippen LogP contribution is 2.17. The van der Waals surface area contributed by atoms with Crippen molar-refractivity contribution in [3.05, 3.63) is 78.4 Å². The van der Waals surface area contributed by atoms with Gasteiger partial charge in [0.25, 0.3) is 0 Å². The van der Waals surface area contributed by atoms with Crippen LogP contribution in [0, 0.1) is 0 Å². The Balaban J connectivity index is 2.90. The monoisotopic (exact) mass is 224 g/mol. The van der Waals surface area contributed by atoms with Gasteiger partial charge >= 0.3 is 0 Å². The molecule has 0 aromatic heterocycles. The smallest absolute Gasteiger partial charge is 0.0100 e. The number of hydrogen-bond donors (Lipinski definition) is 0. The van der Waals surface area contributed by atoms with E-state index in [0.29, 0.717) is 0 Å². The lowest BCUT2D eigenvalue weighted by Crippen LogP contribution is -1.84. The van der Waals surface area contributed by atoms with Crippen LogP contribution in [-0.4, -0.2) is 0 Å². The molecule has 0 aliphatic rings. The summed E-state index contributed by atoms with van der Waals surface area (Å²) in [6.45, 7) is 11.7. The number of benzene rings is 1. The molecule has 0 fully saturated rings. The van der Waals surface area contributed by atoms with E-state index in [9.17, 15) is 0 Å². The summed E-state index contributed by atoms with van der Waals surface area (Å²) in [7, 11) is 0. The first-order valence-corrected chi connectivity index (χ1v) is 5.87. The minimum absolute atomic E-state index is 0.924. The lowest BCUT2D eigenvalue weighted by Gasteiger charge is -2.04. The van der Waals surface area contributed by atoms with Gasteiger partial charge in [0, 0.05) is 0 Å². The van der Waals surface area contributed by atoms with Crippen LogP contribution in [0.4, 0.5) is 0 Å². The third kappa shape index (κ3) is 4.28. The van der Waals surface area contributed by atoms with E-state index >= 15 is 0 Å². The van der Waals surface area contributed by atoms with Gasteiger partial charge in [-0.05, 0) is 37.0 Å². The van der Waals surface area contributed by atoms with Gasteiger partial charge in [-0.1, -0.05) is 60.7 Å². The third-order valence-electron chi connectivity index (χ3n) is 2.53. The Kier molecular flexibility index (Phi) is 5.22. The van der Waals surface area contributed by atoms with Crippen molar-refractivity contribution in [2.45, 2.75) is 20.3 Å². The van der Waals surface area contributed by atoms with Crippen LogP contribution in [0.1, 0.15) is 25.0 Å². The number of rotatable bonds is 5. The SMILES string of the molecule is C=CCc1ccc(C(/C=C\C(=C)C)=C/C)cc1. The van der Waals surface area contributed by atoms with Crippen molar-refractivity contribution in [2.24, 2.45) is 0 Å². The Morgan fingerprint density at radius 2 is 1.82 bits per heavy atom. The van der Waals surface area contributed by atoms with Crippen LogP contribution in [0.15, 0.2) is 67.3 Å². The largest absolute Gasteiger partial charge is 0.103 e. The Hall–Kier alpha value is -1.82. The predicted molar refractivity (Wildman–Crippen MR) is 77.9 cm³/mol. The summed E-state index contributed by atoms with van der Waals surface area (Å²) in [5.41, 5.74) is 4.81. The van der Waals surface area contributed by atoms with E-state index in [1.54, 1.807) is 0 Å². The molecule has 1 aromatic rings. The van der Waals surface area contributed by atoms with E-state index in [2.05, 4.69) is 56.5 Å². The maximum Gasteiger partial charge on any atom is -0.0100 e. The van der Waals surface area contributed by atoms with Crippen LogP contribution >= 0.6 is 0 Å². The van der Waals surface area contributed by atoms with Crippen molar-refractivity contribution < 1.29 is 0 Å². The van der Waals surface area contributed by atoms with E-state index in [0.717, 1.165) is 12.0 Å². The van der Waals surface area contributed by atoms with E-state index in [1.807, 2.05) is 19.1 Å². The molecule has 0 radical (unpaired) electrons. The van der Waals surface area contributed by atoms with Crippen LogP contribution < -0.4 is 0 Å². The molecular weight excluding hydrogens is 204 g/mol. The molecule has 0 saturated carbocycles. The highest BCUT2D eigenvalue weighted by molar-refractivity contribution is 5.74. The molecule has 0 heterocycles. The molecule has 0 spiro atoms. The Morgan fingerprint density at radius 1 is 1.18 bits per heavy atom. The van der Waals surface area contributed by atoms with Crippen LogP contribution in [0.3, 0.4) is 0 Å². The molecule has 1 aromatic carbocycles. The summed E-state index contributed by atoms with van der Waals surface area (Å²) in [6, 6.07) is 8.60. The highest BCUT2D eigenvalue weighted by Gasteiger charge is 1.97. The quantitative estimate of drug-likeness (QED) is 0.490. The molecule has 17 heavy (non-hydrogen) atoms. The fourth-order valence-corrected chi connectivity index (χ4v) is 1.59.